The number of aromatic nitrogens is 2. The Morgan fingerprint density at radius 1 is 1.05 bits per heavy atom. The molecule has 1 aliphatic carbocycles. The van der Waals surface area contributed by atoms with Crippen molar-refractivity contribution in [2.45, 2.75) is 49.4 Å². The van der Waals surface area contributed by atoms with Crippen LogP contribution in [0.4, 0.5) is 40.8 Å². The van der Waals surface area contributed by atoms with Gasteiger partial charge in [-0.3, -0.25) is 4.79 Å². The van der Waals surface area contributed by atoms with E-state index in [2.05, 4.69) is 15.5 Å². The molecule has 16 heteroatoms. The quantitative estimate of drug-likeness (QED) is 0.292. The predicted molar refractivity (Wildman–Crippen MR) is 129 cm³/mol. The molecule has 7 nitrogen and oxygen atoms in total. The summed E-state index contributed by atoms with van der Waals surface area (Å²) < 4.78 is 136. The van der Waals surface area contributed by atoms with Gasteiger partial charge < -0.3 is 10.1 Å². The highest BCUT2D eigenvalue weighted by Crippen LogP contribution is 2.60. The molecule has 0 saturated heterocycles. The molecule has 4 rings (SSSR count). The summed E-state index contributed by atoms with van der Waals surface area (Å²) in [4.78, 5) is 13.2. The molecule has 0 bridgehead atoms. The molecule has 1 aromatic heterocycles. The minimum atomic E-state index is -5.09. The van der Waals surface area contributed by atoms with Crippen molar-refractivity contribution in [3.05, 3.63) is 69.9 Å². The zero-order valence-corrected chi connectivity index (χ0v) is 22.2. The third kappa shape index (κ3) is 5.56. The van der Waals surface area contributed by atoms with Crippen molar-refractivity contribution in [3.63, 3.8) is 0 Å². The van der Waals surface area contributed by atoms with E-state index in [0.29, 0.717) is 0 Å². The molecule has 1 unspecified atom stereocenters. The van der Waals surface area contributed by atoms with E-state index in [4.69, 9.17) is 9.52 Å². The van der Waals surface area contributed by atoms with E-state index >= 15 is 4.39 Å². The van der Waals surface area contributed by atoms with Crippen molar-refractivity contribution in [1.29, 1.82) is 4.78 Å². The van der Waals surface area contributed by atoms with Crippen LogP contribution in [-0.4, -0.2) is 32.7 Å². The first-order valence-electron chi connectivity index (χ1n) is 11.6. The number of anilines is 1. The Morgan fingerprint density at radius 2 is 1.68 bits per heavy atom. The standard InChI is InChI=1S/C25H20F8N4O3S/c1-11-9-15(23(7-8-23)25(31,32)33)17(26)18(27)19(11)40-22-16(12(2)20(36-37-22)24(28,29)30)21(38)35-13-5-4-6-14(10-13)41(3,34)39/h4-6,9-10,34H,7-8H2,1-3H3,(H,35,38). The summed E-state index contributed by atoms with van der Waals surface area (Å²) in [5.74, 6) is -6.99. The van der Waals surface area contributed by atoms with Gasteiger partial charge in [0.05, 0.1) is 15.1 Å². The van der Waals surface area contributed by atoms with E-state index in [9.17, 15) is 39.7 Å². The second kappa shape index (κ2) is 9.92. The largest absolute Gasteiger partial charge is 0.435 e. The van der Waals surface area contributed by atoms with Crippen LogP contribution in [-0.2, 0) is 21.3 Å². The summed E-state index contributed by atoms with van der Waals surface area (Å²) in [7, 11) is -3.24. The van der Waals surface area contributed by atoms with Gasteiger partial charge in [0, 0.05) is 22.4 Å². The average Bonchev–Trinajstić information content (AvgIpc) is 3.65. The zero-order valence-electron chi connectivity index (χ0n) is 21.4. The van der Waals surface area contributed by atoms with E-state index in [-0.39, 0.29) is 16.1 Å². The van der Waals surface area contributed by atoms with E-state index in [1.54, 1.807) is 0 Å². The molecule has 220 valence electrons. The maximum Gasteiger partial charge on any atom is 0.435 e. The van der Waals surface area contributed by atoms with Crippen LogP contribution >= 0.6 is 0 Å². The van der Waals surface area contributed by atoms with Crippen LogP contribution in [0.2, 0.25) is 0 Å². The van der Waals surface area contributed by atoms with E-state index in [1.165, 1.54) is 18.2 Å². The van der Waals surface area contributed by atoms with Gasteiger partial charge in [0.2, 0.25) is 5.82 Å². The first-order chi connectivity index (χ1) is 18.8. The van der Waals surface area contributed by atoms with E-state index in [1.807, 2.05) is 0 Å². The van der Waals surface area contributed by atoms with Crippen LogP contribution in [0.5, 0.6) is 11.6 Å². The lowest BCUT2D eigenvalue weighted by Crippen LogP contribution is -2.30. The summed E-state index contributed by atoms with van der Waals surface area (Å²) in [6.07, 6.45) is -9.77. The summed E-state index contributed by atoms with van der Waals surface area (Å²) in [5, 5.41) is 8.53. The third-order valence-corrected chi connectivity index (χ3v) is 7.73. The van der Waals surface area contributed by atoms with Gasteiger partial charge in [0.15, 0.2) is 17.3 Å². The molecule has 1 saturated carbocycles. The summed E-state index contributed by atoms with van der Waals surface area (Å²) >= 11 is 0. The van der Waals surface area contributed by atoms with Gasteiger partial charge in [-0.2, -0.15) is 30.7 Å². The minimum absolute atomic E-state index is 0.00659. The Labute approximate surface area is 227 Å². The number of carbonyl (C=O) groups excluding carboxylic acids is 1. The summed E-state index contributed by atoms with van der Waals surface area (Å²) in [5.41, 5.74) is -7.23. The normalized spacial score (nSPS) is 16.2. The predicted octanol–water partition coefficient (Wildman–Crippen LogP) is 7.06. The number of ether oxygens (including phenoxy) is 1. The highest BCUT2D eigenvalue weighted by Gasteiger charge is 2.65. The first kappa shape index (κ1) is 30.1. The van der Waals surface area contributed by atoms with Crippen molar-refractivity contribution < 1.29 is 48.9 Å². The number of benzene rings is 2. The van der Waals surface area contributed by atoms with Crippen molar-refractivity contribution in [2.75, 3.05) is 11.6 Å². The van der Waals surface area contributed by atoms with Gasteiger partial charge in [-0.15, -0.1) is 10.2 Å². The van der Waals surface area contributed by atoms with Crippen molar-refractivity contribution in [3.8, 4) is 11.6 Å². The zero-order chi connectivity index (χ0) is 30.7. The molecule has 2 N–H and O–H groups in total. The second-order valence-electron chi connectivity index (χ2n) is 9.56. The van der Waals surface area contributed by atoms with Crippen molar-refractivity contribution in [1.82, 2.24) is 10.2 Å². The van der Waals surface area contributed by atoms with Gasteiger partial charge in [-0.05, 0) is 62.1 Å². The number of nitrogens with one attached hydrogen (secondary N) is 2. The van der Waals surface area contributed by atoms with Crippen LogP contribution in [0.15, 0.2) is 35.2 Å². The van der Waals surface area contributed by atoms with Crippen LogP contribution in [0.25, 0.3) is 0 Å². The molecule has 1 fully saturated rings. The number of halogens is 8. The fourth-order valence-corrected chi connectivity index (χ4v) is 4.94. The second-order valence-corrected chi connectivity index (χ2v) is 11.7. The van der Waals surface area contributed by atoms with Gasteiger partial charge in [-0.1, -0.05) is 6.07 Å². The molecule has 41 heavy (non-hydrogen) atoms. The Bertz CT molecular complexity index is 1670. The number of hydrogen-bond acceptors (Lipinski definition) is 6. The minimum Gasteiger partial charge on any atom is -0.433 e. The fourth-order valence-electron chi connectivity index (χ4n) is 4.25. The lowest BCUT2D eigenvalue weighted by Gasteiger charge is -2.22. The Morgan fingerprint density at radius 3 is 2.22 bits per heavy atom. The Balaban J connectivity index is 1.81. The Hall–Kier alpha value is -3.82. The van der Waals surface area contributed by atoms with E-state index < -0.39 is 91.9 Å². The molecule has 0 aliphatic heterocycles. The van der Waals surface area contributed by atoms with Gasteiger partial charge >= 0.3 is 12.4 Å². The molecule has 1 aliphatic rings. The van der Waals surface area contributed by atoms with Crippen LogP contribution in [0.3, 0.4) is 0 Å². The van der Waals surface area contributed by atoms with Crippen molar-refractivity contribution in [2.24, 2.45) is 0 Å². The van der Waals surface area contributed by atoms with Gasteiger partial charge in [-0.25, -0.2) is 13.4 Å². The topological polar surface area (TPSA) is 105 Å². The van der Waals surface area contributed by atoms with E-state index in [0.717, 1.165) is 32.2 Å². The number of alkyl halides is 6. The lowest BCUT2D eigenvalue weighted by molar-refractivity contribution is -0.161. The molecule has 1 heterocycles. The fraction of sp³-hybridized carbons (Fsp3) is 0.320. The van der Waals surface area contributed by atoms with Gasteiger partial charge in [0.25, 0.3) is 11.8 Å². The summed E-state index contributed by atoms with van der Waals surface area (Å²) in [6.45, 7) is 1.94. The lowest BCUT2D eigenvalue weighted by atomic mass is 9.92. The maximum absolute atomic E-state index is 15.1. The third-order valence-electron chi connectivity index (χ3n) is 6.58. The number of carbonyl (C=O) groups is 1. The number of aryl methyl sites for hydroxylation is 1. The molecule has 1 amide bonds. The number of nitrogens with zero attached hydrogens (tertiary/aromatic N) is 2. The SMILES string of the molecule is Cc1cc(C2(C(F)(F)F)CC2)c(F)c(F)c1Oc1nnc(C(F)(F)F)c(C)c1C(=O)Nc1cccc(S(C)(=N)=O)c1. The smallest absolute Gasteiger partial charge is 0.433 e. The van der Waals surface area contributed by atoms with Crippen LogP contribution in [0, 0.1) is 30.3 Å². The Kier molecular flexibility index (Phi) is 7.29. The molecule has 1 atom stereocenters. The number of rotatable bonds is 6. The van der Waals surface area contributed by atoms with Crippen molar-refractivity contribution >= 4 is 21.3 Å². The number of hydrogen-bond donors (Lipinski definition) is 2. The number of amides is 1. The molecule has 0 spiro atoms. The highest BCUT2D eigenvalue weighted by molar-refractivity contribution is 7.91. The van der Waals surface area contributed by atoms with Crippen LogP contribution < -0.4 is 10.1 Å². The molecular formula is C25H20F8N4O3S. The average molecular weight is 609 g/mol. The molecule has 2 aromatic carbocycles. The maximum atomic E-state index is 15.1. The van der Waals surface area contributed by atoms with Gasteiger partial charge in [0.1, 0.15) is 5.56 Å². The monoisotopic (exact) mass is 608 g/mol. The van der Waals surface area contributed by atoms with Crippen LogP contribution in [0.1, 0.15) is 45.6 Å². The highest BCUT2D eigenvalue weighted by atomic mass is 32.2. The molecular weight excluding hydrogens is 588 g/mol. The molecule has 3 aromatic rings. The summed E-state index contributed by atoms with van der Waals surface area (Å²) in [6, 6.07) is 5.82. The first-order valence-corrected chi connectivity index (χ1v) is 13.6. The molecule has 0 radical (unpaired) electrons.